The van der Waals surface area contributed by atoms with E-state index in [-0.39, 0.29) is 19.6 Å². The molecule has 5 nitrogen and oxygen atoms in total. The number of nitrogens with zero attached hydrogens (tertiary/aromatic N) is 3. The largest absolute Gasteiger partial charge is 0.394 e. The van der Waals surface area contributed by atoms with Gasteiger partial charge < -0.3 is 14.8 Å². The van der Waals surface area contributed by atoms with Crippen LogP contribution in [-0.2, 0) is 13.6 Å². The van der Waals surface area contributed by atoms with E-state index in [1.165, 1.54) is 11.1 Å². The summed E-state index contributed by atoms with van der Waals surface area (Å²) in [5.41, 5.74) is 0. The van der Waals surface area contributed by atoms with E-state index >= 15 is 0 Å². The zero-order valence-electron chi connectivity index (χ0n) is 10.9. The standard InChI is InChI=1S/C11H17ClF3N3O2/c1-17-9(12)4-16-10(17)6-18(5-8(20)7-19)3-2-11(13,14)15/h4,8,19-20H,2-3,5-7H2,1H3/t8-/m0/s1. The third-order valence-electron chi connectivity index (χ3n) is 2.78. The Kier molecular flexibility index (Phi) is 6.25. The van der Waals surface area contributed by atoms with Gasteiger partial charge in [-0.2, -0.15) is 13.2 Å². The number of aliphatic hydroxyl groups is 2. The van der Waals surface area contributed by atoms with Crippen molar-refractivity contribution in [3.05, 3.63) is 17.2 Å². The van der Waals surface area contributed by atoms with Gasteiger partial charge in [-0.05, 0) is 0 Å². The van der Waals surface area contributed by atoms with Crippen LogP contribution < -0.4 is 0 Å². The van der Waals surface area contributed by atoms with Crippen molar-refractivity contribution in [2.24, 2.45) is 7.05 Å². The lowest BCUT2D eigenvalue weighted by Gasteiger charge is -2.24. The van der Waals surface area contributed by atoms with Gasteiger partial charge in [-0.1, -0.05) is 11.6 Å². The summed E-state index contributed by atoms with van der Waals surface area (Å²) >= 11 is 5.81. The van der Waals surface area contributed by atoms with Gasteiger partial charge in [0.25, 0.3) is 0 Å². The smallest absolute Gasteiger partial charge is 0.390 e. The van der Waals surface area contributed by atoms with E-state index in [0.29, 0.717) is 11.0 Å². The predicted molar refractivity (Wildman–Crippen MR) is 67.3 cm³/mol. The van der Waals surface area contributed by atoms with Crippen LogP contribution in [0.15, 0.2) is 6.20 Å². The van der Waals surface area contributed by atoms with Gasteiger partial charge in [-0.25, -0.2) is 4.98 Å². The summed E-state index contributed by atoms with van der Waals surface area (Å²) in [6, 6.07) is 0. The van der Waals surface area contributed by atoms with E-state index in [9.17, 15) is 18.3 Å². The van der Waals surface area contributed by atoms with Crippen molar-refractivity contribution in [2.75, 3.05) is 19.7 Å². The number of hydrogen-bond donors (Lipinski definition) is 2. The van der Waals surface area contributed by atoms with Gasteiger partial charge in [0.15, 0.2) is 0 Å². The molecule has 9 heteroatoms. The van der Waals surface area contributed by atoms with Crippen molar-refractivity contribution in [1.82, 2.24) is 14.5 Å². The summed E-state index contributed by atoms with van der Waals surface area (Å²) < 4.78 is 38.4. The maximum Gasteiger partial charge on any atom is 0.390 e. The van der Waals surface area contributed by atoms with Crippen LogP contribution >= 0.6 is 11.6 Å². The third kappa shape index (κ3) is 5.66. The average molecular weight is 316 g/mol. The van der Waals surface area contributed by atoms with Gasteiger partial charge in [-0.3, -0.25) is 4.90 Å². The molecule has 0 saturated carbocycles. The molecule has 0 radical (unpaired) electrons. The zero-order valence-corrected chi connectivity index (χ0v) is 11.7. The topological polar surface area (TPSA) is 61.5 Å². The first-order chi connectivity index (χ1) is 9.23. The van der Waals surface area contributed by atoms with Crippen molar-refractivity contribution in [3.8, 4) is 0 Å². The summed E-state index contributed by atoms with van der Waals surface area (Å²) in [7, 11) is 1.65. The highest BCUT2D eigenvalue weighted by Crippen LogP contribution is 2.20. The molecule has 20 heavy (non-hydrogen) atoms. The lowest BCUT2D eigenvalue weighted by molar-refractivity contribution is -0.139. The van der Waals surface area contributed by atoms with E-state index < -0.39 is 25.3 Å². The van der Waals surface area contributed by atoms with E-state index in [0.717, 1.165) is 0 Å². The molecule has 0 bridgehead atoms. The Hall–Kier alpha value is -0.830. The van der Waals surface area contributed by atoms with Crippen molar-refractivity contribution in [1.29, 1.82) is 0 Å². The Balaban J connectivity index is 2.69. The third-order valence-corrected chi connectivity index (χ3v) is 3.14. The molecule has 1 heterocycles. The summed E-state index contributed by atoms with van der Waals surface area (Å²) in [6.07, 6.45) is -4.97. The molecule has 1 rings (SSSR count). The molecule has 0 unspecified atom stereocenters. The molecular formula is C11H17ClF3N3O2. The second kappa shape index (κ2) is 7.26. The Morgan fingerprint density at radius 1 is 1.50 bits per heavy atom. The van der Waals surface area contributed by atoms with E-state index in [2.05, 4.69) is 4.98 Å². The molecule has 0 saturated heterocycles. The number of alkyl halides is 3. The molecule has 0 spiro atoms. The first-order valence-electron chi connectivity index (χ1n) is 5.97. The monoisotopic (exact) mass is 315 g/mol. The zero-order chi connectivity index (χ0) is 15.3. The molecule has 0 fully saturated rings. The second-order valence-corrected chi connectivity index (χ2v) is 4.88. The van der Waals surface area contributed by atoms with Gasteiger partial charge in [0.2, 0.25) is 0 Å². The first-order valence-corrected chi connectivity index (χ1v) is 6.35. The van der Waals surface area contributed by atoms with Gasteiger partial charge >= 0.3 is 6.18 Å². The fourth-order valence-electron chi connectivity index (χ4n) is 1.65. The van der Waals surface area contributed by atoms with Crippen molar-refractivity contribution in [2.45, 2.75) is 25.2 Å². The number of aromatic nitrogens is 2. The molecule has 1 aromatic heterocycles. The molecule has 2 N–H and O–H groups in total. The van der Waals surface area contributed by atoms with E-state index in [1.54, 1.807) is 11.6 Å². The second-order valence-electron chi connectivity index (χ2n) is 4.49. The Morgan fingerprint density at radius 2 is 2.15 bits per heavy atom. The van der Waals surface area contributed by atoms with E-state index in [4.69, 9.17) is 16.7 Å². The highest BCUT2D eigenvalue weighted by Gasteiger charge is 2.28. The molecule has 0 aliphatic rings. The fraction of sp³-hybridized carbons (Fsp3) is 0.727. The van der Waals surface area contributed by atoms with Crippen LogP contribution in [0.2, 0.25) is 5.15 Å². The molecule has 0 amide bonds. The van der Waals surface area contributed by atoms with Crippen LogP contribution in [0.4, 0.5) is 13.2 Å². The number of halogens is 4. The Labute approximate surface area is 119 Å². The minimum atomic E-state index is -4.28. The highest BCUT2D eigenvalue weighted by molar-refractivity contribution is 6.29. The number of imidazole rings is 1. The minimum absolute atomic E-state index is 0.0724. The summed E-state index contributed by atoms with van der Waals surface area (Å²) in [4.78, 5) is 5.38. The van der Waals surface area contributed by atoms with Crippen LogP contribution in [0.5, 0.6) is 0 Å². The SMILES string of the molecule is Cn1c(Cl)cnc1CN(CCC(F)(F)F)C[C@H](O)CO. The minimum Gasteiger partial charge on any atom is -0.394 e. The maximum atomic E-state index is 12.3. The highest BCUT2D eigenvalue weighted by atomic mass is 35.5. The normalized spacial score (nSPS) is 14.0. The van der Waals surface area contributed by atoms with Crippen molar-refractivity contribution < 1.29 is 23.4 Å². The molecule has 116 valence electrons. The Bertz CT molecular complexity index is 426. The van der Waals surface area contributed by atoms with Crippen LogP contribution in [-0.4, -0.2) is 56.6 Å². The molecule has 1 aromatic rings. The summed E-state index contributed by atoms with van der Waals surface area (Å²) in [5.74, 6) is 0.488. The Morgan fingerprint density at radius 3 is 2.60 bits per heavy atom. The lowest BCUT2D eigenvalue weighted by atomic mass is 10.3. The van der Waals surface area contributed by atoms with Crippen LogP contribution in [0.1, 0.15) is 12.2 Å². The molecule has 1 atom stereocenters. The number of rotatable bonds is 7. The summed E-state index contributed by atoms with van der Waals surface area (Å²) in [5, 5.41) is 18.6. The van der Waals surface area contributed by atoms with Gasteiger partial charge in [-0.15, -0.1) is 0 Å². The number of hydrogen-bond acceptors (Lipinski definition) is 4. The first kappa shape index (κ1) is 17.2. The maximum absolute atomic E-state index is 12.3. The molecular weight excluding hydrogens is 299 g/mol. The van der Waals surface area contributed by atoms with E-state index in [1.807, 2.05) is 0 Å². The molecule has 0 aliphatic heterocycles. The fourth-order valence-corrected chi connectivity index (χ4v) is 1.79. The summed E-state index contributed by atoms with van der Waals surface area (Å²) in [6.45, 7) is -0.762. The van der Waals surface area contributed by atoms with Crippen LogP contribution in [0, 0.1) is 0 Å². The van der Waals surface area contributed by atoms with Gasteiger partial charge in [0, 0.05) is 20.1 Å². The predicted octanol–water partition coefficient (Wildman–Crippen LogP) is 1.18. The van der Waals surface area contributed by atoms with Crippen LogP contribution in [0.3, 0.4) is 0 Å². The molecule has 0 aliphatic carbocycles. The average Bonchev–Trinajstić information content (AvgIpc) is 2.66. The number of aliphatic hydroxyl groups excluding tert-OH is 2. The molecule has 0 aromatic carbocycles. The van der Waals surface area contributed by atoms with Gasteiger partial charge in [0.05, 0.1) is 31.9 Å². The lowest BCUT2D eigenvalue weighted by Crippen LogP contribution is -2.36. The quantitative estimate of drug-likeness (QED) is 0.793. The van der Waals surface area contributed by atoms with Gasteiger partial charge in [0.1, 0.15) is 11.0 Å². The van der Waals surface area contributed by atoms with Crippen LogP contribution in [0.25, 0.3) is 0 Å². The van der Waals surface area contributed by atoms with Crippen molar-refractivity contribution in [3.63, 3.8) is 0 Å². The van der Waals surface area contributed by atoms with Crippen molar-refractivity contribution >= 4 is 11.6 Å².